The Bertz CT molecular complexity index is 1510. The molecule has 1 amide bonds. The van der Waals surface area contributed by atoms with Crippen LogP contribution in [-0.4, -0.2) is 47.8 Å². The number of carbonyl (C=O) groups is 1. The molecular formula is C26H26N8O3. The van der Waals surface area contributed by atoms with Crippen LogP contribution in [0, 0.1) is 0 Å². The van der Waals surface area contributed by atoms with Crippen LogP contribution in [0.1, 0.15) is 34.3 Å². The van der Waals surface area contributed by atoms with Gasteiger partial charge in [-0.1, -0.05) is 30.3 Å². The molecule has 5 rings (SSSR count). The van der Waals surface area contributed by atoms with Crippen LogP contribution >= 0.6 is 0 Å². The average Bonchev–Trinajstić information content (AvgIpc) is 3.66. The molecule has 0 radical (unpaired) electrons. The normalized spacial score (nSPS) is 12.9. The van der Waals surface area contributed by atoms with Gasteiger partial charge in [0.05, 0.1) is 17.9 Å². The zero-order chi connectivity index (χ0) is 26.0. The van der Waals surface area contributed by atoms with Gasteiger partial charge in [-0.2, -0.15) is 5.10 Å². The minimum Gasteiger partial charge on any atom is -0.443 e. The molecule has 0 fully saturated rings. The van der Waals surface area contributed by atoms with E-state index in [1.807, 2.05) is 50.5 Å². The van der Waals surface area contributed by atoms with E-state index < -0.39 is 5.54 Å². The predicted octanol–water partition coefficient (Wildman–Crippen LogP) is 3.21. The van der Waals surface area contributed by atoms with Crippen LogP contribution in [0.25, 0.3) is 23.2 Å². The molecule has 1 aromatic carbocycles. The van der Waals surface area contributed by atoms with Crippen molar-refractivity contribution in [1.82, 2.24) is 34.8 Å². The fraction of sp³-hybridized carbons (Fsp3) is 0.231. The van der Waals surface area contributed by atoms with E-state index in [0.717, 1.165) is 11.1 Å². The molecule has 0 bridgehead atoms. The second kappa shape index (κ2) is 9.78. The molecule has 37 heavy (non-hydrogen) atoms. The summed E-state index contributed by atoms with van der Waals surface area (Å²) in [4.78, 5) is 23.7. The predicted molar refractivity (Wildman–Crippen MR) is 134 cm³/mol. The summed E-state index contributed by atoms with van der Waals surface area (Å²) >= 11 is 0. The van der Waals surface area contributed by atoms with Crippen LogP contribution in [-0.2, 0) is 25.6 Å². The topological polar surface area (TPSA) is 142 Å². The van der Waals surface area contributed by atoms with Gasteiger partial charge in [-0.25, -0.2) is 9.97 Å². The van der Waals surface area contributed by atoms with Crippen LogP contribution in [0.4, 0.5) is 0 Å². The maximum atomic E-state index is 13.4. The lowest BCUT2D eigenvalue weighted by Crippen LogP contribution is -2.35. The Morgan fingerprint density at radius 3 is 2.54 bits per heavy atom. The first-order valence-electron chi connectivity index (χ1n) is 11.6. The van der Waals surface area contributed by atoms with E-state index in [1.54, 1.807) is 35.0 Å². The van der Waals surface area contributed by atoms with Gasteiger partial charge in [0, 0.05) is 38.0 Å². The lowest BCUT2D eigenvalue weighted by Gasteiger charge is -2.20. The van der Waals surface area contributed by atoms with Gasteiger partial charge in [-0.3, -0.25) is 9.48 Å². The van der Waals surface area contributed by atoms with E-state index in [2.05, 4.69) is 25.3 Å². The number of hydrogen-bond donors (Lipinski definition) is 1. The van der Waals surface area contributed by atoms with Gasteiger partial charge in [0.1, 0.15) is 17.7 Å². The van der Waals surface area contributed by atoms with Gasteiger partial charge in [0.15, 0.2) is 0 Å². The highest BCUT2D eigenvalue weighted by Gasteiger charge is 2.29. The summed E-state index contributed by atoms with van der Waals surface area (Å²) in [6.07, 6.45) is 7.03. The first-order valence-corrected chi connectivity index (χ1v) is 11.6. The van der Waals surface area contributed by atoms with Crippen molar-refractivity contribution in [2.24, 2.45) is 12.8 Å². The Morgan fingerprint density at radius 2 is 1.86 bits per heavy atom. The second-order valence-electron chi connectivity index (χ2n) is 9.14. The van der Waals surface area contributed by atoms with Crippen molar-refractivity contribution in [2.45, 2.75) is 25.4 Å². The molecule has 0 saturated heterocycles. The second-order valence-corrected chi connectivity index (χ2v) is 9.14. The molecule has 4 heterocycles. The number of carbonyl (C=O) groups excluding carboxylic acids is 1. The Hall–Kier alpha value is -4.64. The molecule has 5 aromatic rings. The Labute approximate surface area is 213 Å². The summed E-state index contributed by atoms with van der Waals surface area (Å²) in [6, 6.07) is 13.1. The fourth-order valence-corrected chi connectivity index (χ4v) is 4.00. The minimum absolute atomic E-state index is 0.136. The number of rotatable bonds is 8. The number of oxazole rings is 1. The maximum absolute atomic E-state index is 13.4. The summed E-state index contributed by atoms with van der Waals surface area (Å²) in [6.45, 7) is 2.21. The van der Waals surface area contributed by atoms with Crippen molar-refractivity contribution < 1.29 is 13.6 Å². The van der Waals surface area contributed by atoms with Crippen molar-refractivity contribution in [2.75, 3.05) is 7.05 Å². The first-order chi connectivity index (χ1) is 17.8. The van der Waals surface area contributed by atoms with Gasteiger partial charge < -0.3 is 19.5 Å². The van der Waals surface area contributed by atoms with Gasteiger partial charge in [-0.05, 0) is 31.0 Å². The van der Waals surface area contributed by atoms with Crippen molar-refractivity contribution >= 4 is 5.91 Å². The number of amides is 1. The van der Waals surface area contributed by atoms with Gasteiger partial charge in [-0.15, -0.1) is 10.2 Å². The van der Waals surface area contributed by atoms with E-state index >= 15 is 0 Å². The van der Waals surface area contributed by atoms with Crippen LogP contribution in [0.3, 0.4) is 0 Å². The molecule has 188 valence electrons. The molecular weight excluding hydrogens is 472 g/mol. The SMILES string of the molecule is CN(Cc1cnn(C)c1)C(=O)c1cc(-c2ncco2)nc(-c2nnc(C(C)(N)Cc3ccccc3)o2)c1. The van der Waals surface area contributed by atoms with Crippen molar-refractivity contribution in [1.29, 1.82) is 0 Å². The molecule has 11 heteroatoms. The Balaban J connectivity index is 1.47. The van der Waals surface area contributed by atoms with Crippen LogP contribution < -0.4 is 5.73 Å². The standard InChI is InChI=1S/C26H26N8O3/c1-26(27,13-17-7-5-4-6-8-17)25-32-31-23(37-25)21-12-19(11-20(30-21)22-28-9-10-36-22)24(35)33(2)15-18-14-29-34(3)16-18/h4-12,14,16H,13,15,27H2,1-3H3. The highest BCUT2D eigenvalue weighted by Crippen LogP contribution is 2.28. The van der Waals surface area contributed by atoms with Crippen LogP contribution in [0.5, 0.6) is 0 Å². The third-order valence-electron chi connectivity index (χ3n) is 5.80. The fourth-order valence-electron chi connectivity index (χ4n) is 4.00. The zero-order valence-electron chi connectivity index (χ0n) is 20.7. The highest BCUT2D eigenvalue weighted by atomic mass is 16.4. The summed E-state index contributed by atoms with van der Waals surface area (Å²) < 4.78 is 13.1. The smallest absolute Gasteiger partial charge is 0.266 e. The van der Waals surface area contributed by atoms with Gasteiger partial charge >= 0.3 is 0 Å². The number of nitrogens with two attached hydrogens (primary N) is 1. The number of nitrogens with zero attached hydrogens (tertiary/aromatic N) is 7. The van der Waals surface area contributed by atoms with E-state index in [9.17, 15) is 4.79 Å². The quantitative estimate of drug-likeness (QED) is 0.341. The van der Waals surface area contributed by atoms with Crippen molar-refractivity contribution in [3.8, 4) is 23.2 Å². The third kappa shape index (κ3) is 5.31. The summed E-state index contributed by atoms with van der Waals surface area (Å²) in [5.74, 6) is 0.430. The van der Waals surface area contributed by atoms with Crippen LogP contribution in [0.2, 0.25) is 0 Å². The molecule has 11 nitrogen and oxygen atoms in total. The summed E-state index contributed by atoms with van der Waals surface area (Å²) in [5, 5.41) is 12.5. The largest absolute Gasteiger partial charge is 0.443 e. The van der Waals surface area contributed by atoms with Crippen molar-refractivity contribution in [3.63, 3.8) is 0 Å². The summed E-state index contributed by atoms with van der Waals surface area (Å²) in [5.41, 5.74) is 8.63. The molecule has 0 spiro atoms. The molecule has 0 aliphatic rings. The lowest BCUT2D eigenvalue weighted by atomic mass is 9.94. The molecule has 1 atom stereocenters. The monoisotopic (exact) mass is 498 g/mol. The maximum Gasteiger partial charge on any atom is 0.266 e. The number of aromatic nitrogens is 6. The molecule has 1 unspecified atom stereocenters. The number of aryl methyl sites for hydroxylation is 1. The van der Waals surface area contributed by atoms with E-state index in [0.29, 0.717) is 29.9 Å². The Kier molecular flexibility index (Phi) is 6.36. The van der Waals surface area contributed by atoms with Crippen LogP contribution in [0.15, 0.2) is 76.2 Å². The number of hydrogen-bond acceptors (Lipinski definition) is 9. The lowest BCUT2D eigenvalue weighted by molar-refractivity contribution is 0.0785. The third-order valence-corrected chi connectivity index (χ3v) is 5.80. The first kappa shape index (κ1) is 24.1. The molecule has 0 saturated carbocycles. The molecule has 0 aliphatic heterocycles. The minimum atomic E-state index is -0.907. The van der Waals surface area contributed by atoms with Gasteiger partial charge in [0.2, 0.25) is 11.8 Å². The summed E-state index contributed by atoms with van der Waals surface area (Å²) in [7, 11) is 3.54. The van der Waals surface area contributed by atoms with Crippen molar-refractivity contribution in [3.05, 3.63) is 89.9 Å². The number of pyridine rings is 1. The average molecular weight is 499 g/mol. The van der Waals surface area contributed by atoms with Gasteiger partial charge in [0.25, 0.3) is 11.8 Å². The highest BCUT2D eigenvalue weighted by molar-refractivity contribution is 5.95. The molecule has 2 N–H and O–H groups in total. The number of benzene rings is 1. The Morgan fingerprint density at radius 1 is 1.11 bits per heavy atom. The van der Waals surface area contributed by atoms with E-state index in [1.165, 1.54) is 12.5 Å². The van der Waals surface area contributed by atoms with E-state index in [-0.39, 0.29) is 23.6 Å². The zero-order valence-corrected chi connectivity index (χ0v) is 20.7. The molecule has 4 aromatic heterocycles. The molecule has 0 aliphatic carbocycles. The van der Waals surface area contributed by atoms with E-state index in [4.69, 9.17) is 14.6 Å².